The first-order chi connectivity index (χ1) is 13.5. The van der Waals surface area contributed by atoms with E-state index in [4.69, 9.17) is 4.42 Å². The Morgan fingerprint density at radius 3 is 2.61 bits per heavy atom. The molecule has 0 aliphatic heterocycles. The van der Waals surface area contributed by atoms with Crippen molar-refractivity contribution in [2.75, 3.05) is 5.32 Å². The van der Waals surface area contributed by atoms with E-state index in [1.165, 1.54) is 24.3 Å². The molecule has 6 nitrogen and oxygen atoms in total. The first-order valence-corrected chi connectivity index (χ1v) is 8.99. The number of nitrogens with one attached hydrogen (secondary N) is 1. The highest BCUT2D eigenvalue weighted by Crippen LogP contribution is 2.28. The van der Waals surface area contributed by atoms with E-state index in [-0.39, 0.29) is 24.2 Å². The standard InChI is InChI=1S/C21H19FN4O2/c1-13(2)20-24-25-21(28-20)18-11-14-5-3-4-6-17(14)26(18)12-19(27)23-16-9-7-15(22)8-10-16/h3-11,13H,12H2,1-2H3,(H,23,27). The van der Waals surface area contributed by atoms with Crippen molar-refractivity contribution in [2.24, 2.45) is 0 Å². The van der Waals surface area contributed by atoms with E-state index in [0.29, 0.717) is 23.2 Å². The van der Waals surface area contributed by atoms with Crippen LogP contribution in [0, 0.1) is 5.82 Å². The zero-order valence-corrected chi connectivity index (χ0v) is 15.5. The molecule has 1 amide bonds. The van der Waals surface area contributed by atoms with E-state index in [1.807, 2.05) is 48.7 Å². The largest absolute Gasteiger partial charge is 0.419 e. The highest BCUT2D eigenvalue weighted by molar-refractivity contribution is 5.93. The molecule has 0 aliphatic rings. The molecule has 1 N–H and O–H groups in total. The molecule has 0 radical (unpaired) electrons. The molecular weight excluding hydrogens is 359 g/mol. The van der Waals surface area contributed by atoms with E-state index in [0.717, 1.165) is 10.9 Å². The quantitative estimate of drug-likeness (QED) is 0.551. The van der Waals surface area contributed by atoms with Crippen molar-refractivity contribution >= 4 is 22.5 Å². The Balaban J connectivity index is 1.68. The second-order valence-electron chi connectivity index (χ2n) is 6.83. The van der Waals surface area contributed by atoms with Crippen LogP contribution in [0.15, 0.2) is 59.0 Å². The fraction of sp³-hybridized carbons (Fsp3) is 0.190. The van der Waals surface area contributed by atoms with E-state index in [9.17, 15) is 9.18 Å². The lowest BCUT2D eigenvalue weighted by atomic mass is 10.2. The average Bonchev–Trinajstić information content (AvgIpc) is 3.29. The molecule has 0 aliphatic carbocycles. The van der Waals surface area contributed by atoms with E-state index in [2.05, 4.69) is 15.5 Å². The summed E-state index contributed by atoms with van der Waals surface area (Å²) < 4.78 is 20.7. The third kappa shape index (κ3) is 3.51. The van der Waals surface area contributed by atoms with Gasteiger partial charge in [0, 0.05) is 22.5 Å². The van der Waals surface area contributed by atoms with Crippen LogP contribution in [-0.2, 0) is 11.3 Å². The highest BCUT2D eigenvalue weighted by Gasteiger charge is 2.19. The van der Waals surface area contributed by atoms with Gasteiger partial charge in [0.15, 0.2) is 0 Å². The Kier molecular flexibility index (Phi) is 4.65. The van der Waals surface area contributed by atoms with Crippen molar-refractivity contribution in [3.8, 4) is 11.6 Å². The van der Waals surface area contributed by atoms with Crippen LogP contribution in [0.25, 0.3) is 22.5 Å². The van der Waals surface area contributed by atoms with Gasteiger partial charge in [-0.05, 0) is 36.4 Å². The summed E-state index contributed by atoms with van der Waals surface area (Å²) in [5.41, 5.74) is 2.09. The van der Waals surface area contributed by atoms with E-state index >= 15 is 0 Å². The van der Waals surface area contributed by atoms with Crippen molar-refractivity contribution in [3.63, 3.8) is 0 Å². The SMILES string of the molecule is CC(C)c1nnc(-c2cc3ccccc3n2CC(=O)Nc2ccc(F)cc2)o1. The molecule has 0 spiro atoms. The fourth-order valence-electron chi connectivity index (χ4n) is 3.01. The molecule has 4 rings (SSSR count). The predicted octanol–water partition coefficient (Wildman–Crippen LogP) is 4.59. The summed E-state index contributed by atoms with van der Waals surface area (Å²) in [5, 5.41) is 12.0. The van der Waals surface area contributed by atoms with E-state index < -0.39 is 0 Å². The molecule has 142 valence electrons. The molecule has 0 saturated heterocycles. The van der Waals surface area contributed by atoms with Crippen LogP contribution in [0.2, 0.25) is 0 Å². The summed E-state index contributed by atoms with van der Waals surface area (Å²) >= 11 is 0. The summed E-state index contributed by atoms with van der Waals surface area (Å²) in [6.07, 6.45) is 0. The van der Waals surface area contributed by atoms with Gasteiger partial charge < -0.3 is 14.3 Å². The second kappa shape index (κ2) is 7.26. The van der Waals surface area contributed by atoms with E-state index in [1.54, 1.807) is 0 Å². The zero-order valence-electron chi connectivity index (χ0n) is 15.5. The Morgan fingerprint density at radius 2 is 1.89 bits per heavy atom. The molecule has 28 heavy (non-hydrogen) atoms. The maximum Gasteiger partial charge on any atom is 0.264 e. The fourth-order valence-corrected chi connectivity index (χ4v) is 3.01. The first kappa shape index (κ1) is 17.9. The van der Waals surface area contributed by atoms with Crippen LogP contribution in [0.4, 0.5) is 10.1 Å². The minimum atomic E-state index is -0.353. The lowest BCUT2D eigenvalue weighted by Crippen LogP contribution is -2.19. The number of aromatic nitrogens is 3. The normalized spacial score (nSPS) is 11.3. The summed E-state index contributed by atoms with van der Waals surface area (Å²) in [6, 6.07) is 15.3. The molecule has 7 heteroatoms. The number of benzene rings is 2. The number of hydrogen-bond donors (Lipinski definition) is 1. The van der Waals surface area contributed by atoms with Gasteiger partial charge in [0.1, 0.15) is 18.1 Å². The Morgan fingerprint density at radius 1 is 1.14 bits per heavy atom. The summed E-state index contributed by atoms with van der Waals surface area (Å²) in [6.45, 7) is 4.01. The summed E-state index contributed by atoms with van der Waals surface area (Å²) in [4.78, 5) is 12.6. The zero-order chi connectivity index (χ0) is 19.7. The van der Waals surface area contributed by atoms with Crippen molar-refractivity contribution in [2.45, 2.75) is 26.3 Å². The monoisotopic (exact) mass is 378 g/mol. The van der Waals surface area contributed by atoms with Crippen LogP contribution in [-0.4, -0.2) is 20.7 Å². The Bertz CT molecular complexity index is 1130. The minimum Gasteiger partial charge on any atom is -0.419 e. The van der Waals surface area contributed by atoms with Gasteiger partial charge in [-0.15, -0.1) is 10.2 Å². The first-order valence-electron chi connectivity index (χ1n) is 8.99. The highest BCUT2D eigenvalue weighted by atomic mass is 19.1. The Labute approximate surface area is 161 Å². The number of carbonyl (C=O) groups is 1. The average molecular weight is 378 g/mol. The molecule has 4 aromatic rings. The number of amides is 1. The van der Waals surface area contributed by atoms with Gasteiger partial charge in [-0.3, -0.25) is 4.79 Å². The van der Waals surface area contributed by atoms with Gasteiger partial charge in [-0.1, -0.05) is 32.0 Å². The molecule has 0 fully saturated rings. The number of hydrogen-bond acceptors (Lipinski definition) is 4. The third-order valence-corrected chi connectivity index (χ3v) is 4.39. The molecule has 2 heterocycles. The van der Waals surface area contributed by atoms with Crippen LogP contribution in [0.3, 0.4) is 0 Å². The lowest BCUT2D eigenvalue weighted by molar-refractivity contribution is -0.116. The number of fused-ring (bicyclic) bond motifs is 1. The Hall–Kier alpha value is -3.48. The molecule has 0 atom stereocenters. The molecule has 0 saturated carbocycles. The minimum absolute atomic E-state index is 0.0552. The summed E-state index contributed by atoms with van der Waals surface area (Å²) in [5.74, 6) is 0.435. The van der Waals surface area contributed by atoms with Gasteiger partial charge in [0.05, 0.1) is 0 Å². The number of para-hydroxylation sites is 1. The van der Waals surface area contributed by atoms with Crippen molar-refractivity contribution < 1.29 is 13.6 Å². The van der Waals surface area contributed by atoms with Gasteiger partial charge in [-0.2, -0.15) is 0 Å². The molecular formula is C21H19FN4O2. The van der Waals surface area contributed by atoms with Crippen LogP contribution < -0.4 is 5.32 Å². The van der Waals surface area contributed by atoms with Gasteiger partial charge >= 0.3 is 0 Å². The number of halogens is 1. The molecule has 0 unspecified atom stereocenters. The predicted molar refractivity (Wildman–Crippen MR) is 104 cm³/mol. The van der Waals surface area contributed by atoms with Crippen molar-refractivity contribution in [3.05, 3.63) is 66.3 Å². The number of carbonyl (C=O) groups excluding carboxylic acids is 1. The maximum absolute atomic E-state index is 13.1. The number of rotatable bonds is 5. The van der Waals surface area contributed by atoms with Crippen LogP contribution >= 0.6 is 0 Å². The van der Waals surface area contributed by atoms with Crippen molar-refractivity contribution in [1.82, 2.24) is 14.8 Å². The summed E-state index contributed by atoms with van der Waals surface area (Å²) in [7, 11) is 0. The smallest absolute Gasteiger partial charge is 0.264 e. The lowest BCUT2D eigenvalue weighted by Gasteiger charge is -2.10. The van der Waals surface area contributed by atoms with Gasteiger partial charge in [0.2, 0.25) is 11.8 Å². The molecule has 0 bridgehead atoms. The molecule has 2 aromatic heterocycles. The third-order valence-electron chi connectivity index (χ3n) is 4.39. The van der Waals surface area contributed by atoms with Crippen LogP contribution in [0.5, 0.6) is 0 Å². The van der Waals surface area contributed by atoms with Gasteiger partial charge in [-0.25, -0.2) is 4.39 Å². The molecule has 2 aromatic carbocycles. The topological polar surface area (TPSA) is 73.0 Å². The second-order valence-corrected chi connectivity index (χ2v) is 6.83. The van der Waals surface area contributed by atoms with Crippen molar-refractivity contribution in [1.29, 1.82) is 0 Å². The maximum atomic E-state index is 13.1. The number of anilines is 1. The number of nitrogens with zero attached hydrogens (tertiary/aromatic N) is 3. The van der Waals surface area contributed by atoms with Gasteiger partial charge in [0.25, 0.3) is 5.89 Å². The van der Waals surface area contributed by atoms with Crippen LogP contribution in [0.1, 0.15) is 25.7 Å².